The Morgan fingerprint density at radius 2 is 0.771 bits per heavy atom. The zero-order chi connectivity index (χ0) is 45.9. The van der Waals surface area contributed by atoms with Crippen LogP contribution in [0.15, 0.2) is 255 Å². The molecule has 1 atom stereocenters. The maximum Gasteiger partial charge on any atom is 0.0725 e. The largest absolute Gasteiger partial charge is 0.310 e. The highest BCUT2D eigenvalue weighted by Crippen LogP contribution is 2.64. The molecular formula is C68H44N2. The minimum absolute atomic E-state index is 0.594. The van der Waals surface area contributed by atoms with E-state index in [2.05, 4.69) is 265 Å². The smallest absolute Gasteiger partial charge is 0.0725 e. The molecule has 2 heteroatoms. The van der Waals surface area contributed by atoms with Gasteiger partial charge in [0.1, 0.15) is 0 Å². The van der Waals surface area contributed by atoms with Gasteiger partial charge in [-0.2, -0.15) is 0 Å². The number of benzene rings is 11. The van der Waals surface area contributed by atoms with Gasteiger partial charge in [-0.3, -0.25) is 0 Å². The highest BCUT2D eigenvalue weighted by molar-refractivity contribution is 6.05. The van der Waals surface area contributed by atoms with E-state index in [1.54, 1.807) is 0 Å². The number of hydrogen-bond donors (Lipinski definition) is 0. The molecule has 0 radical (unpaired) electrons. The number of rotatable bonds is 4. The lowest BCUT2D eigenvalue weighted by molar-refractivity contribution is 0.775. The highest BCUT2D eigenvalue weighted by Gasteiger charge is 2.51. The quantitative estimate of drug-likeness (QED) is 0.174. The summed E-state index contributed by atoms with van der Waals surface area (Å²) >= 11 is 0. The monoisotopic (exact) mass is 888 g/mol. The molecule has 70 heavy (non-hydrogen) atoms. The van der Waals surface area contributed by atoms with Crippen molar-refractivity contribution in [3.63, 3.8) is 0 Å². The highest BCUT2D eigenvalue weighted by atomic mass is 15.2. The van der Waals surface area contributed by atoms with E-state index in [1.165, 1.54) is 100 Å². The number of nitrogens with zero attached hydrogens (tertiary/aromatic N) is 2. The van der Waals surface area contributed by atoms with Crippen LogP contribution < -0.4 is 9.80 Å². The average Bonchev–Trinajstić information content (AvgIpc) is 3.89. The Kier molecular flexibility index (Phi) is 8.38. The molecule has 4 aliphatic rings. The fourth-order valence-electron chi connectivity index (χ4n) is 12.9. The van der Waals surface area contributed by atoms with Crippen LogP contribution in [0.3, 0.4) is 0 Å². The molecule has 0 bridgehead atoms. The molecule has 1 unspecified atom stereocenters. The van der Waals surface area contributed by atoms with Crippen molar-refractivity contribution in [2.75, 3.05) is 9.80 Å². The molecule has 11 aromatic rings. The summed E-state index contributed by atoms with van der Waals surface area (Å²) in [6.07, 6.45) is 0.955. The van der Waals surface area contributed by atoms with Gasteiger partial charge in [0.2, 0.25) is 0 Å². The van der Waals surface area contributed by atoms with Crippen LogP contribution >= 0.6 is 0 Å². The van der Waals surface area contributed by atoms with Gasteiger partial charge in [-0.1, -0.05) is 194 Å². The van der Waals surface area contributed by atoms with Crippen molar-refractivity contribution in [3.05, 3.63) is 288 Å². The molecule has 3 aliphatic carbocycles. The van der Waals surface area contributed by atoms with E-state index in [0.29, 0.717) is 0 Å². The Balaban J connectivity index is 1.00. The summed E-state index contributed by atoms with van der Waals surface area (Å²) in [5.41, 5.74) is 29.5. The molecule has 0 amide bonds. The van der Waals surface area contributed by atoms with E-state index >= 15 is 0 Å². The maximum absolute atomic E-state index is 2.49. The summed E-state index contributed by atoms with van der Waals surface area (Å²) in [4.78, 5) is 4.89. The summed E-state index contributed by atoms with van der Waals surface area (Å²) < 4.78 is 0. The number of hydrogen-bond acceptors (Lipinski definition) is 2. The normalized spacial score (nSPS) is 14.8. The Labute approximate surface area is 408 Å². The second-order valence-corrected chi connectivity index (χ2v) is 19.1. The molecule has 0 saturated carbocycles. The van der Waals surface area contributed by atoms with Gasteiger partial charge < -0.3 is 9.80 Å². The van der Waals surface area contributed by atoms with E-state index in [9.17, 15) is 0 Å². The summed E-state index contributed by atoms with van der Waals surface area (Å²) in [6, 6.07) is 95.4. The van der Waals surface area contributed by atoms with Crippen LogP contribution in [0.2, 0.25) is 0 Å². The van der Waals surface area contributed by atoms with Crippen molar-refractivity contribution in [2.45, 2.75) is 11.8 Å². The minimum atomic E-state index is -0.594. The zero-order valence-corrected chi connectivity index (χ0v) is 38.4. The lowest BCUT2D eigenvalue weighted by Gasteiger charge is -2.36. The minimum Gasteiger partial charge on any atom is -0.310 e. The molecule has 11 aromatic carbocycles. The van der Waals surface area contributed by atoms with E-state index in [0.717, 1.165) is 40.5 Å². The van der Waals surface area contributed by atoms with E-state index in [1.807, 2.05) is 0 Å². The second kappa shape index (κ2) is 15.0. The Morgan fingerprint density at radius 3 is 1.51 bits per heavy atom. The third-order valence-electron chi connectivity index (χ3n) is 15.6. The third-order valence-corrected chi connectivity index (χ3v) is 15.6. The molecule has 0 saturated heterocycles. The molecule has 1 spiro atoms. The summed E-state index contributed by atoms with van der Waals surface area (Å²) in [5, 5.41) is 0. The summed E-state index contributed by atoms with van der Waals surface area (Å²) in [7, 11) is 0. The summed E-state index contributed by atoms with van der Waals surface area (Å²) in [5.74, 6) is 0. The van der Waals surface area contributed by atoms with Gasteiger partial charge in [0, 0.05) is 33.9 Å². The fourth-order valence-corrected chi connectivity index (χ4v) is 12.9. The van der Waals surface area contributed by atoms with E-state index in [-0.39, 0.29) is 0 Å². The van der Waals surface area contributed by atoms with Crippen LogP contribution in [0, 0.1) is 0 Å². The van der Waals surface area contributed by atoms with Gasteiger partial charge in [-0.05, 0) is 156 Å². The van der Waals surface area contributed by atoms with Gasteiger partial charge in [-0.15, -0.1) is 0 Å². The van der Waals surface area contributed by atoms with E-state index < -0.39 is 5.41 Å². The average molecular weight is 889 g/mol. The Bertz CT molecular complexity index is 3940. The molecule has 0 N–H and O–H groups in total. The first kappa shape index (κ1) is 39.1. The lowest BCUT2D eigenvalue weighted by atomic mass is 9.65. The molecule has 1 heterocycles. The molecule has 2 nitrogen and oxygen atoms in total. The van der Waals surface area contributed by atoms with Crippen LogP contribution in [-0.2, 0) is 11.8 Å². The van der Waals surface area contributed by atoms with Crippen molar-refractivity contribution in [1.29, 1.82) is 0 Å². The van der Waals surface area contributed by atoms with Crippen LogP contribution in [-0.4, -0.2) is 0 Å². The van der Waals surface area contributed by atoms with Crippen LogP contribution in [0.25, 0.3) is 66.8 Å². The van der Waals surface area contributed by atoms with Crippen molar-refractivity contribution < 1.29 is 0 Å². The third kappa shape index (κ3) is 5.39. The predicted octanol–water partition coefficient (Wildman–Crippen LogP) is 17.9. The van der Waals surface area contributed by atoms with Gasteiger partial charge in [0.15, 0.2) is 0 Å². The first-order valence-corrected chi connectivity index (χ1v) is 24.5. The van der Waals surface area contributed by atoms with Gasteiger partial charge >= 0.3 is 0 Å². The number of para-hydroxylation sites is 3. The standard InChI is InChI=1S/C68H44N2/c1-3-20-46(21-4-1)69(49-37-40-65-59(43-49)54-28-12-10-26-52(54)56-30-15-18-34-64(56)70(65)47-22-5-2-6-23-47)48-36-39-62-58(42-48)53-27-11-9-25-51(53)55-29-13-16-32-60(55)68(62)61-33-17-14-31-57(61)67-63(68)38-35-45-41-44-19-7-8-24-50(44)66(45)67/h1-40,42-43H,41H2. The maximum atomic E-state index is 2.49. The van der Waals surface area contributed by atoms with Crippen LogP contribution in [0.5, 0.6) is 0 Å². The zero-order valence-electron chi connectivity index (χ0n) is 38.4. The first-order chi connectivity index (χ1) is 34.8. The molecule has 1 aliphatic heterocycles. The summed E-state index contributed by atoms with van der Waals surface area (Å²) in [6.45, 7) is 0. The number of anilines is 6. The van der Waals surface area contributed by atoms with Crippen molar-refractivity contribution in [3.8, 4) is 66.8 Å². The Hall–Kier alpha value is -8.98. The molecule has 15 rings (SSSR count). The van der Waals surface area contributed by atoms with E-state index in [4.69, 9.17) is 0 Å². The molecular weight excluding hydrogens is 845 g/mol. The SMILES string of the molecule is c1ccc(N(c2ccc3c(c2)-c2ccccc2-c2ccccc2N3c2ccccc2)c2ccc3c(c2)-c2ccccc2-c2ccccc2C32c3ccccc3-c3c2ccc2c3-c3ccccc3C2)cc1. The fraction of sp³-hybridized carbons (Fsp3) is 0.0294. The second-order valence-electron chi connectivity index (χ2n) is 19.1. The lowest BCUT2D eigenvalue weighted by Crippen LogP contribution is -2.29. The van der Waals surface area contributed by atoms with Crippen molar-refractivity contribution in [2.24, 2.45) is 0 Å². The predicted molar refractivity (Wildman–Crippen MR) is 290 cm³/mol. The topological polar surface area (TPSA) is 6.48 Å². The Morgan fingerprint density at radius 1 is 0.286 bits per heavy atom. The molecule has 0 aromatic heterocycles. The van der Waals surface area contributed by atoms with Crippen LogP contribution in [0.4, 0.5) is 34.1 Å². The molecule has 326 valence electrons. The first-order valence-electron chi connectivity index (χ1n) is 24.5. The van der Waals surface area contributed by atoms with Gasteiger partial charge in [0.05, 0.1) is 16.8 Å². The van der Waals surface area contributed by atoms with Crippen LogP contribution in [0.1, 0.15) is 33.4 Å². The van der Waals surface area contributed by atoms with Crippen molar-refractivity contribution >= 4 is 34.1 Å². The van der Waals surface area contributed by atoms with Gasteiger partial charge in [0.25, 0.3) is 0 Å². The number of fused-ring (bicyclic) bond motifs is 21. The molecule has 0 fully saturated rings. The van der Waals surface area contributed by atoms with Gasteiger partial charge in [-0.25, -0.2) is 0 Å². The van der Waals surface area contributed by atoms with Crippen molar-refractivity contribution in [1.82, 2.24) is 0 Å².